The van der Waals surface area contributed by atoms with Crippen molar-refractivity contribution in [1.29, 1.82) is 0 Å². The van der Waals surface area contributed by atoms with Crippen molar-refractivity contribution < 1.29 is 13.6 Å². The number of carbonyl (C=O) groups excluding carboxylic acids is 1. The van der Waals surface area contributed by atoms with Gasteiger partial charge in [-0.25, -0.2) is 0 Å². The topological polar surface area (TPSA) is 32.3 Å². The van der Waals surface area contributed by atoms with Crippen LogP contribution in [0.25, 0.3) is 0 Å². The minimum atomic E-state index is -3.45. The Hall–Kier alpha value is -1.20. The minimum absolute atomic E-state index is 0. The molecule has 1 aliphatic heterocycles. The molecule has 1 amide bonds. The van der Waals surface area contributed by atoms with Gasteiger partial charge in [0.15, 0.2) is 0 Å². The fourth-order valence-corrected chi connectivity index (χ4v) is 2.50. The van der Waals surface area contributed by atoms with Crippen molar-refractivity contribution in [2.75, 3.05) is 20.1 Å². The van der Waals surface area contributed by atoms with Crippen LogP contribution >= 0.6 is 12.4 Å². The minimum Gasteiger partial charge on any atom is -0.333 e. The van der Waals surface area contributed by atoms with Crippen LogP contribution in [0.5, 0.6) is 0 Å². The van der Waals surface area contributed by atoms with E-state index in [4.69, 9.17) is 0 Å². The summed E-state index contributed by atoms with van der Waals surface area (Å²) in [6.45, 7) is 0.963. The Bertz CT molecular complexity index is 442. The van der Waals surface area contributed by atoms with Gasteiger partial charge in [-0.05, 0) is 19.9 Å². The summed E-state index contributed by atoms with van der Waals surface area (Å²) in [6.07, 6.45) is 1.56. The van der Waals surface area contributed by atoms with Crippen LogP contribution in [0.15, 0.2) is 30.3 Å². The molecule has 1 aromatic carbocycles. The molecule has 0 spiro atoms. The van der Waals surface area contributed by atoms with Gasteiger partial charge in [-0.15, -0.1) is 12.4 Å². The van der Waals surface area contributed by atoms with E-state index in [-0.39, 0.29) is 24.0 Å². The maximum Gasteiger partial charge on any atom is 0.349 e. The fraction of sp³-hybridized carbons (Fsp3) is 0.500. The predicted molar refractivity (Wildman–Crippen MR) is 76.2 cm³/mol. The summed E-state index contributed by atoms with van der Waals surface area (Å²) in [6, 6.07) is 7.15. The molecule has 1 aromatic rings. The van der Waals surface area contributed by atoms with Gasteiger partial charge in [-0.1, -0.05) is 30.3 Å². The molecule has 2 rings (SSSR count). The number of amides is 1. The molecule has 112 valence electrons. The van der Waals surface area contributed by atoms with Crippen molar-refractivity contribution >= 4 is 18.3 Å². The first kappa shape index (κ1) is 16.9. The summed E-state index contributed by atoms with van der Waals surface area (Å²) in [7, 11) is 1.76. The van der Waals surface area contributed by atoms with Crippen LogP contribution in [-0.4, -0.2) is 37.0 Å². The van der Waals surface area contributed by atoms with E-state index in [9.17, 15) is 13.6 Å². The molecule has 0 saturated carbocycles. The van der Waals surface area contributed by atoms with Crippen molar-refractivity contribution in [3.63, 3.8) is 0 Å². The number of likely N-dealkylation sites (N-methyl/N-ethyl adjacent to an activating group) is 1. The molecule has 3 nitrogen and oxygen atoms in total. The van der Waals surface area contributed by atoms with Gasteiger partial charge in [0.05, 0.1) is 0 Å². The Labute approximate surface area is 123 Å². The van der Waals surface area contributed by atoms with Crippen LogP contribution < -0.4 is 5.32 Å². The second kappa shape index (κ2) is 6.99. The van der Waals surface area contributed by atoms with Gasteiger partial charge >= 0.3 is 5.92 Å². The third-order valence-electron chi connectivity index (χ3n) is 3.48. The lowest BCUT2D eigenvalue weighted by atomic mass is 10.1. The van der Waals surface area contributed by atoms with Crippen LogP contribution in [0.4, 0.5) is 8.78 Å². The van der Waals surface area contributed by atoms with Gasteiger partial charge in [0, 0.05) is 24.7 Å². The van der Waals surface area contributed by atoms with Gasteiger partial charge in [0.25, 0.3) is 5.91 Å². The molecule has 6 heteroatoms. The second-order valence-corrected chi connectivity index (χ2v) is 4.79. The highest BCUT2D eigenvalue weighted by Gasteiger charge is 2.46. The summed E-state index contributed by atoms with van der Waals surface area (Å²) in [4.78, 5) is 13.4. The molecule has 1 unspecified atom stereocenters. The zero-order valence-electron chi connectivity index (χ0n) is 11.3. The molecular weight excluding hydrogens is 286 g/mol. The number of halogens is 3. The maximum atomic E-state index is 14.2. The quantitative estimate of drug-likeness (QED) is 0.926. The Balaban J connectivity index is 0.00000200. The zero-order chi connectivity index (χ0) is 13.9. The predicted octanol–water partition coefficient (Wildman–Crippen LogP) is 2.41. The number of hydrogen-bond acceptors (Lipinski definition) is 2. The van der Waals surface area contributed by atoms with E-state index >= 15 is 0 Å². The third kappa shape index (κ3) is 3.27. The molecule has 1 heterocycles. The number of likely N-dealkylation sites (tertiary alicyclic amines) is 1. The average Bonchev–Trinajstić information content (AvgIpc) is 2.87. The number of nitrogens with one attached hydrogen (secondary N) is 1. The summed E-state index contributed by atoms with van der Waals surface area (Å²) >= 11 is 0. The van der Waals surface area contributed by atoms with Crippen LogP contribution in [0.2, 0.25) is 0 Å². The van der Waals surface area contributed by atoms with E-state index in [2.05, 4.69) is 5.32 Å². The number of nitrogens with zero attached hydrogens (tertiary/aromatic N) is 1. The lowest BCUT2D eigenvalue weighted by molar-refractivity contribution is -0.159. The number of hydrogen-bond donors (Lipinski definition) is 1. The van der Waals surface area contributed by atoms with E-state index in [0.717, 1.165) is 12.8 Å². The average molecular weight is 305 g/mol. The van der Waals surface area contributed by atoms with Gasteiger partial charge in [-0.3, -0.25) is 4.79 Å². The third-order valence-corrected chi connectivity index (χ3v) is 3.48. The normalized spacial score (nSPS) is 18.8. The highest BCUT2D eigenvalue weighted by Crippen LogP contribution is 2.32. The number of benzene rings is 1. The molecule has 1 aliphatic rings. The first-order valence-corrected chi connectivity index (χ1v) is 6.46. The summed E-state index contributed by atoms with van der Waals surface area (Å²) in [5.41, 5.74) is -0.241. The monoisotopic (exact) mass is 304 g/mol. The molecule has 20 heavy (non-hydrogen) atoms. The maximum absolute atomic E-state index is 14.2. The number of rotatable bonds is 4. The molecule has 1 atom stereocenters. The molecular formula is C14H19ClF2N2O. The van der Waals surface area contributed by atoms with Gasteiger partial charge in [0.2, 0.25) is 0 Å². The molecule has 0 bridgehead atoms. The second-order valence-electron chi connectivity index (χ2n) is 4.79. The smallest absolute Gasteiger partial charge is 0.333 e. The Kier molecular flexibility index (Phi) is 5.89. The van der Waals surface area contributed by atoms with Crippen molar-refractivity contribution in [2.45, 2.75) is 24.8 Å². The zero-order valence-corrected chi connectivity index (χ0v) is 12.1. The van der Waals surface area contributed by atoms with Gasteiger partial charge in [0.1, 0.15) is 0 Å². The molecule has 0 radical (unpaired) electrons. The molecule has 0 aliphatic carbocycles. The number of alkyl halides is 2. The van der Waals surface area contributed by atoms with Crippen molar-refractivity contribution in [3.05, 3.63) is 35.9 Å². The first-order chi connectivity index (χ1) is 9.07. The van der Waals surface area contributed by atoms with Crippen molar-refractivity contribution in [2.24, 2.45) is 0 Å². The van der Waals surface area contributed by atoms with Crippen LogP contribution in [0, 0.1) is 0 Å². The van der Waals surface area contributed by atoms with E-state index in [0.29, 0.717) is 13.1 Å². The summed E-state index contributed by atoms with van der Waals surface area (Å²) in [5, 5.41) is 2.95. The summed E-state index contributed by atoms with van der Waals surface area (Å²) < 4.78 is 28.4. The van der Waals surface area contributed by atoms with Crippen LogP contribution in [0.3, 0.4) is 0 Å². The summed E-state index contributed by atoms with van der Waals surface area (Å²) in [5.74, 6) is -4.53. The highest BCUT2D eigenvalue weighted by atomic mass is 35.5. The Morgan fingerprint density at radius 3 is 2.65 bits per heavy atom. The number of carbonyl (C=O) groups is 1. The van der Waals surface area contributed by atoms with Crippen molar-refractivity contribution in [3.8, 4) is 0 Å². The van der Waals surface area contributed by atoms with Gasteiger partial charge < -0.3 is 10.2 Å². The largest absolute Gasteiger partial charge is 0.349 e. The molecule has 1 saturated heterocycles. The molecule has 1 N–H and O–H groups in total. The SMILES string of the molecule is CNCC1CCCN1C(=O)C(F)(F)c1ccccc1.Cl. The van der Waals surface area contributed by atoms with Crippen LogP contribution in [-0.2, 0) is 10.7 Å². The molecule has 1 fully saturated rings. The Morgan fingerprint density at radius 2 is 2.05 bits per heavy atom. The van der Waals surface area contributed by atoms with E-state index in [1.807, 2.05) is 0 Å². The Morgan fingerprint density at radius 1 is 1.40 bits per heavy atom. The van der Waals surface area contributed by atoms with Crippen molar-refractivity contribution in [1.82, 2.24) is 10.2 Å². The van der Waals surface area contributed by atoms with E-state index < -0.39 is 11.8 Å². The first-order valence-electron chi connectivity index (χ1n) is 6.46. The van der Waals surface area contributed by atoms with E-state index in [1.165, 1.54) is 29.2 Å². The van der Waals surface area contributed by atoms with E-state index in [1.54, 1.807) is 13.1 Å². The standard InChI is InChI=1S/C14H18F2N2O.ClH/c1-17-10-12-8-5-9-18(12)13(19)14(15,16)11-6-3-2-4-7-11;/h2-4,6-7,12,17H,5,8-10H2,1H3;1H. The molecule has 0 aromatic heterocycles. The highest BCUT2D eigenvalue weighted by molar-refractivity contribution is 5.85. The van der Waals surface area contributed by atoms with Crippen LogP contribution in [0.1, 0.15) is 18.4 Å². The fourth-order valence-electron chi connectivity index (χ4n) is 2.50. The van der Waals surface area contributed by atoms with Gasteiger partial charge in [-0.2, -0.15) is 8.78 Å². The lowest BCUT2D eigenvalue weighted by Gasteiger charge is -2.28. The lowest BCUT2D eigenvalue weighted by Crippen LogP contribution is -2.47.